The number of rotatable bonds is 2. The highest BCUT2D eigenvalue weighted by Crippen LogP contribution is 2.13. The lowest BCUT2D eigenvalue weighted by Gasteiger charge is -1.97. The van der Waals surface area contributed by atoms with Crippen molar-refractivity contribution >= 4 is 18.7 Å². The molecule has 1 heteroatoms. The molecule has 0 aliphatic rings. The molecule has 1 rings (SSSR count). The van der Waals surface area contributed by atoms with Gasteiger partial charge in [-0.05, 0) is 31.0 Å². The van der Waals surface area contributed by atoms with Crippen LogP contribution in [-0.4, -0.2) is 0 Å². The SMILES string of the molecule is CC/C(C)=C\c1cccc(S)c1. The van der Waals surface area contributed by atoms with Crippen molar-refractivity contribution in [3.63, 3.8) is 0 Å². The summed E-state index contributed by atoms with van der Waals surface area (Å²) in [6, 6.07) is 8.18. The van der Waals surface area contributed by atoms with Gasteiger partial charge in [-0.1, -0.05) is 30.7 Å². The minimum atomic E-state index is 1.02. The predicted octanol–water partition coefficient (Wildman–Crippen LogP) is 3.79. The number of benzene rings is 1. The Morgan fingerprint density at radius 3 is 2.83 bits per heavy atom. The van der Waals surface area contributed by atoms with Gasteiger partial charge in [0.1, 0.15) is 0 Å². The van der Waals surface area contributed by atoms with Crippen molar-refractivity contribution in [2.75, 3.05) is 0 Å². The first-order chi connectivity index (χ1) is 5.72. The Hall–Kier alpha value is -0.690. The Labute approximate surface area is 79.7 Å². The lowest BCUT2D eigenvalue weighted by molar-refractivity contribution is 1.11. The average molecular weight is 178 g/mol. The molecule has 0 aromatic heterocycles. The van der Waals surface area contributed by atoms with Gasteiger partial charge in [0.25, 0.3) is 0 Å². The van der Waals surface area contributed by atoms with E-state index in [9.17, 15) is 0 Å². The summed E-state index contributed by atoms with van der Waals surface area (Å²) in [7, 11) is 0. The highest BCUT2D eigenvalue weighted by Gasteiger charge is 1.89. The zero-order valence-electron chi connectivity index (χ0n) is 7.54. The van der Waals surface area contributed by atoms with Gasteiger partial charge in [0.15, 0.2) is 0 Å². The van der Waals surface area contributed by atoms with E-state index < -0.39 is 0 Å². The van der Waals surface area contributed by atoms with E-state index in [1.807, 2.05) is 12.1 Å². The second kappa shape index (κ2) is 4.36. The summed E-state index contributed by atoms with van der Waals surface area (Å²) in [4.78, 5) is 1.02. The van der Waals surface area contributed by atoms with Crippen LogP contribution in [0.25, 0.3) is 6.08 Å². The molecule has 0 saturated carbocycles. The lowest BCUT2D eigenvalue weighted by Crippen LogP contribution is -1.75. The summed E-state index contributed by atoms with van der Waals surface area (Å²) < 4.78 is 0. The van der Waals surface area contributed by atoms with E-state index >= 15 is 0 Å². The molecular weight excluding hydrogens is 164 g/mol. The van der Waals surface area contributed by atoms with Crippen LogP contribution >= 0.6 is 12.6 Å². The minimum Gasteiger partial charge on any atom is -0.143 e. The van der Waals surface area contributed by atoms with Crippen LogP contribution in [0.4, 0.5) is 0 Å². The average Bonchev–Trinajstić information content (AvgIpc) is 2.04. The van der Waals surface area contributed by atoms with Gasteiger partial charge >= 0.3 is 0 Å². The van der Waals surface area contributed by atoms with Crippen molar-refractivity contribution in [1.29, 1.82) is 0 Å². The third-order valence-corrected chi connectivity index (χ3v) is 2.12. The Bertz CT molecular complexity index is 287. The van der Waals surface area contributed by atoms with Crippen LogP contribution < -0.4 is 0 Å². The molecule has 0 fully saturated rings. The number of thiol groups is 1. The van der Waals surface area contributed by atoms with Crippen LogP contribution in [0.15, 0.2) is 34.7 Å². The maximum atomic E-state index is 4.28. The molecule has 0 atom stereocenters. The van der Waals surface area contributed by atoms with E-state index in [1.54, 1.807) is 0 Å². The molecule has 64 valence electrons. The summed E-state index contributed by atoms with van der Waals surface area (Å²) in [6.07, 6.45) is 3.30. The Kier molecular flexibility index (Phi) is 3.42. The molecule has 0 aliphatic heterocycles. The quantitative estimate of drug-likeness (QED) is 0.654. The predicted molar refractivity (Wildman–Crippen MR) is 57.6 cm³/mol. The van der Waals surface area contributed by atoms with E-state index in [0.717, 1.165) is 11.3 Å². The Balaban J connectivity index is 2.89. The molecule has 12 heavy (non-hydrogen) atoms. The van der Waals surface area contributed by atoms with Gasteiger partial charge in [0.2, 0.25) is 0 Å². The van der Waals surface area contributed by atoms with Crippen LogP contribution in [0, 0.1) is 0 Å². The molecule has 1 aromatic rings. The molecule has 0 radical (unpaired) electrons. The van der Waals surface area contributed by atoms with E-state index in [4.69, 9.17) is 0 Å². The maximum Gasteiger partial charge on any atom is 0.00459 e. The molecule has 0 amide bonds. The molecule has 0 N–H and O–H groups in total. The van der Waals surface area contributed by atoms with Crippen LogP contribution in [0.3, 0.4) is 0 Å². The summed E-state index contributed by atoms with van der Waals surface area (Å²) in [5.41, 5.74) is 2.63. The largest absolute Gasteiger partial charge is 0.143 e. The van der Waals surface area contributed by atoms with Gasteiger partial charge in [-0.2, -0.15) is 0 Å². The first kappa shape index (κ1) is 9.40. The van der Waals surface area contributed by atoms with E-state index in [-0.39, 0.29) is 0 Å². The van der Waals surface area contributed by atoms with Crippen LogP contribution in [0.5, 0.6) is 0 Å². The number of hydrogen-bond donors (Lipinski definition) is 1. The Morgan fingerprint density at radius 2 is 2.25 bits per heavy atom. The van der Waals surface area contributed by atoms with Gasteiger partial charge in [0.05, 0.1) is 0 Å². The highest BCUT2D eigenvalue weighted by atomic mass is 32.1. The Morgan fingerprint density at radius 1 is 1.50 bits per heavy atom. The van der Waals surface area contributed by atoms with Crippen molar-refractivity contribution < 1.29 is 0 Å². The lowest BCUT2D eigenvalue weighted by atomic mass is 10.1. The van der Waals surface area contributed by atoms with Gasteiger partial charge in [-0.3, -0.25) is 0 Å². The molecular formula is C11H14S. The first-order valence-corrected chi connectivity index (χ1v) is 4.63. The van der Waals surface area contributed by atoms with Gasteiger partial charge < -0.3 is 0 Å². The molecule has 0 nitrogen and oxygen atoms in total. The minimum absolute atomic E-state index is 1.02. The van der Waals surface area contributed by atoms with E-state index in [2.05, 4.69) is 44.7 Å². The van der Waals surface area contributed by atoms with Crippen LogP contribution in [-0.2, 0) is 0 Å². The highest BCUT2D eigenvalue weighted by molar-refractivity contribution is 7.80. The van der Waals surface area contributed by atoms with E-state index in [1.165, 1.54) is 11.1 Å². The third kappa shape index (κ3) is 2.74. The molecule has 0 aliphatic carbocycles. The topological polar surface area (TPSA) is 0 Å². The fourth-order valence-electron chi connectivity index (χ4n) is 1.00. The molecule has 0 unspecified atom stereocenters. The van der Waals surface area contributed by atoms with Gasteiger partial charge in [-0.15, -0.1) is 12.6 Å². The monoisotopic (exact) mass is 178 g/mol. The zero-order valence-corrected chi connectivity index (χ0v) is 8.44. The molecule has 0 saturated heterocycles. The van der Waals surface area contributed by atoms with Crippen molar-refractivity contribution in [3.05, 3.63) is 35.4 Å². The summed E-state index contributed by atoms with van der Waals surface area (Å²) in [5.74, 6) is 0. The molecule has 0 heterocycles. The van der Waals surface area contributed by atoms with Gasteiger partial charge in [-0.25, -0.2) is 0 Å². The van der Waals surface area contributed by atoms with Gasteiger partial charge in [0, 0.05) is 4.90 Å². The second-order valence-corrected chi connectivity index (χ2v) is 3.46. The fraction of sp³-hybridized carbons (Fsp3) is 0.273. The second-order valence-electron chi connectivity index (χ2n) is 2.94. The molecule has 0 spiro atoms. The van der Waals surface area contributed by atoms with Crippen molar-refractivity contribution in [2.24, 2.45) is 0 Å². The third-order valence-electron chi connectivity index (χ3n) is 1.84. The van der Waals surface area contributed by atoms with Crippen LogP contribution in [0.2, 0.25) is 0 Å². The molecule has 1 aromatic carbocycles. The van der Waals surface area contributed by atoms with Crippen molar-refractivity contribution in [1.82, 2.24) is 0 Å². The standard InChI is InChI=1S/C11H14S/c1-3-9(2)7-10-5-4-6-11(12)8-10/h4-8,12H,3H2,1-2H3/b9-7-. The summed E-state index contributed by atoms with van der Waals surface area (Å²) in [6.45, 7) is 4.31. The number of hydrogen-bond acceptors (Lipinski definition) is 1. The summed E-state index contributed by atoms with van der Waals surface area (Å²) >= 11 is 4.28. The van der Waals surface area contributed by atoms with Crippen molar-refractivity contribution in [3.8, 4) is 0 Å². The normalized spacial score (nSPS) is 11.8. The maximum absolute atomic E-state index is 4.28. The smallest absolute Gasteiger partial charge is 0.00459 e. The fourth-order valence-corrected chi connectivity index (χ4v) is 1.24. The van der Waals surface area contributed by atoms with Crippen molar-refractivity contribution in [2.45, 2.75) is 25.2 Å². The summed E-state index contributed by atoms with van der Waals surface area (Å²) in [5, 5.41) is 0. The van der Waals surface area contributed by atoms with E-state index in [0.29, 0.717) is 0 Å². The zero-order chi connectivity index (χ0) is 8.97. The number of allylic oxidation sites excluding steroid dienone is 1. The first-order valence-electron chi connectivity index (χ1n) is 4.18. The van der Waals surface area contributed by atoms with Crippen LogP contribution in [0.1, 0.15) is 25.8 Å². The molecule has 0 bridgehead atoms.